The summed E-state index contributed by atoms with van der Waals surface area (Å²) in [6.45, 7) is 0.409. The minimum absolute atomic E-state index is 0.409. The van der Waals surface area contributed by atoms with E-state index in [0.717, 1.165) is 20.4 Å². The van der Waals surface area contributed by atoms with Crippen molar-refractivity contribution in [3.8, 4) is 5.75 Å². The fourth-order valence-electron chi connectivity index (χ4n) is 1.69. The first kappa shape index (κ1) is 15.9. The number of carbonyl (C=O) groups is 1. The molecule has 0 heterocycles. The minimum atomic E-state index is -0.468. The summed E-state index contributed by atoms with van der Waals surface area (Å²) in [5.41, 5.74) is 6.90. The molecule has 0 bridgehead atoms. The summed E-state index contributed by atoms with van der Waals surface area (Å²) in [6.07, 6.45) is 3.00. The van der Waals surface area contributed by atoms with Gasteiger partial charge in [0.2, 0.25) is 5.91 Å². The van der Waals surface area contributed by atoms with Crippen LogP contribution in [0.15, 0.2) is 48.5 Å². The number of ether oxygens (including phenoxy) is 1. The maximum atomic E-state index is 10.7. The zero-order chi connectivity index (χ0) is 15.2. The van der Waals surface area contributed by atoms with Crippen molar-refractivity contribution in [2.75, 3.05) is 0 Å². The van der Waals surface area contributed by atoms with Gasteiger partial charge in [-0.2, -0.15) is 0 Å². The second-order valence-electron chi connectivity index (χ2n) is 4.31. The molecule has 21 heavy (non-hydrogen) atoms. The number of hydrogen-bond donors (Lipinski definition) is 1. The van der Waals surface area contributed by atoms with Gasteiger partial charge in [0.05, 0.1) is 3.57 Å². The molecule has 0 unspecified atom stereocenters. The standard InChI is InChI=1S/C16H13ClINO2/c17-13-4-2-1-3-12(13)10-21-15-7-5-11(9-14(15)18)6-8-16(19)20/h1-9H,10H2,(H2,19,20)/b8-6+. The van der Waals surface area contributed by atoms with E-state index in [1.165, 1.54) is 6.08 Å². The summed E-state index contributed by atoms with van der Waals surface area (Å²) in [5, 5.41) is 0.688. The first-order valence-corrected chi connectivity index (χ1v) is 7.65. The highest BCUT2D eigenvalue weighted by molar-refractivity contribution is 14.1. The van der Waals surface area contributed by atoms with Crippen molar-refractivity contribution < 1.29 is 9.53 Å². The molecule has 108 valence electrons. The average Bonchev–Trinajstić information content (AvgIpc) is 2.45. The number of halogens is 2. The van der Waals surface area contributed by atoms with Crippen LogP contribution in [0.2, 0.25) is 5.02 Å². The van der Waals surface area contributed by atoms with E-state index in [2.05, 4.69) is 22.6 Å². The Morgan fingerprint density at radius 1 is 1.29 bits per heavy atom. The molecule has 0 aliphatic carbocycles. The van der Waals surface area contributed by atoms with Gasteiger partial charge in [0.15, 0.2) is 0 Å². The Morgan fingerprint density at radius 3 is 2.71 bits per heavy atom. The Hall–Kier alpha value is -1.53. The summed E-state index contributed by atoms with van der Waals surface area (Å²) in [7, 11) is 0. The van der Waals surface area contributed by atoms with Gasteiger partial charge in [-0.05, 0) is 52.4 Å². The predicted octanol–water partition coefficient (Wildman–Crippen LogP) is 4.02. The average molecular weight is 414 g/mol. The topological polar surface area (TPSA) is 52.3 Å². The number of nitrogens with two attached hydrogens (primary N) is 1. The van der Waals surface area contributed by atoms with Crippen LogP contribution in [0.3, 0.4) is 0 Å². The van der Waals surface area contributed by atoms with E-state index in [1.54, 1.807) is 6.08 Å². The van der Waals surface area contributed by atoms with Crippen LogP contribution in [0, 0.1) is 3.57 Å². The molecule has 2 aromatic rings. The minimum Gasteiger partial charge on any atom is -0.488 e. The van der Waals surface area contributed by atoms with Crippen LogP contribution >= 0.6 is 34.2 Å². The molecule has 0 radical (unpaired) electrons. The second-order valence-corrected chi connectivity index (χ2v) is 5.88. The van der Waals surface area contributed by atoms with Crippen molar-refractivity contribution in [3.05, 3.63) is 68.3 Å². The summed E-state index contributed by atoms with van der Waals surface area (Å²) in [4.78, 5) is 10.7. The van der Waals surface area contributed by atoms with Gasteiger partial charge in [0, 0.05) is 16.7 Å². The van der Waals surface area contributed by atoms with E-state index in [-0.39, 0.29) is 0 Å². The zero-order valence-corrected chi connectivity index (χ0v) is 14.0. The molecular weight excluding hydrogens is 401 g/mol. The van der Waals surface area contributed by atoms with Gasteiger partial charge >= 0.3 is 0 Å². The van der Waals surface area contributed by atoms with Crippen LogP contribution in [0.1, 0.15) is 11.1 Å². The molecule has 0 saturated heterocycles. The van der Waals surface area contributed by atoms with Gasteiger partial charge in [-0.1, -0.05) is 35.9 Å². The van der Waals surface area contributed by atoms with E-state index in [1.807, 2.05) is 42.5 Å². The highest BCUT2D eigenvalue weighted by atomic mass is 127. The molecule has 0 atom stereocenters. The number of hydrogen-bond acceptors (Lipinski definition) is 2. The lowest BCUT2D eigenvalue weighted by atomic mass is 10.2. The van der Waals surface area contributed by atoms with E-state index in [0.29, 0.717) is 11.6 Å². The Morgan fingerprint density at radius 2 is 2.05 bits per heavy atom. The summed E-state index contributed by atoms with van der Waals surface area (Å²) in [5.74, 6) is 0.302. The lowest BCUT2D eigenvalue weighted by Gasteiger charge is -2.10. The molecule has 2 rings (SSSR count). The van der Waals surface area contributed by atoms with Crippen molar-refractivity contribution in [2.24, 2.45) is 5.73 Å². The van der Waals surface area contributed by atoms with Crippen molar-refractivity contribution in [3.63, 3.8) is 0 Å². The van der Waals surface area contributed by atoms with Gasteiger partial charge in [0.25, 0.3) is 0 Å². The lowest BCUT2D eigenvalue weighted by molar-refractivity contribution is -0.113. The quantitative estimate of drug-likeness (QED) is 0.594. The maximum Gasteiger partial charge on any atom is 0.241 e. The van der Waals surface area contributed by atoms with Crippen molar-refractivity contribution >= 4 is 46.2 Å². The molecule has 0 saturated carbocycles. The first-order chi connectivity index (χ1) is 10.1. The monoisotopic (exact) mass is 413 g/mol. The van der Waals surface area contributed by atoms with Crippen molar-refractivity contribution in [1.29, 1.82) is 0 Å². The van der Waals surface area contributed by atoms with Crippen LogP contribution < -0.4 is 10.5 Å². The molecule has 1 amide bonds. The third kappa shape index (κ3) is 4.75. The molecule has 0 aliphatic rings. The van der Waals surface area contributed by atoms with Gasteiger partial charge in [0.1, 0.15) is 12.4 Å². The molecule has 0 aliphatic heterocycles. The largest absolute Gasteiger partial charge is 0.488 e. The van der Waals surface area contributed by atoms with Crippen LogP contribution in [-0.2, 0) is 11.4 Å². The fraction of sp³-hybridized carbons (Fsp3) is 0.0625. The van der Waals surface area contributed by atoms with Crippen molar-refractivity contribution in [1.82, 2.24) is 0 Å². The van der Waals surface area contributed by atoms with Gasteiger partial charge in [-0.25, -0.2) is 0 Å². The van der Waals surface area contributed by atoms with Gasteiger partial charge in [-0.3, -0.25) is 4.79 Å². The Kier molecular flexibility index (Phi) is 5.64. The Bertz CT molecular complexity index is 686. The second kappa shape index (κ2) is 7.47. The van der Waals surface area contributed by atoms with E-state index in [9.17, 15) is 4.79 Å². The molecule has 5 heteroatoms. The number of amides is 1. The van der Waals surface area contributed by atoms with Crippen LogP contribution in [0.25, 0.3) is 6.08 Å². The number of benzene rings is 2. The van der Waals surface area contributed by atoms with Gasteiger partial charge in [-0.15, -0.1) is 0 Å². The maximum absolute atomic E-state index is 10.7. The molecule has 0 fully saturated rings. The Labute approximate surface area is 141 Å². The third-order valence-electron chi connectivity index (χ3n) is 2.74. The SMILES string of the molecule is NC(=O)/C=C/c1ccc(OCc2ccccc2Cl)c(I)c1. The van der Waals surface area contributed by atoms with Crippen LogP contribution in [-0.4, -0.2) is 5.91 Å². The summed E-state index contributed by atoms with van der Waals surface area (Å²) < 4.78 is 6.73. The first-order valence-electron chi connectivity index (χ1n) is 6.19. The molecular formula is C16H13ClINO2. The predicted molar refractivity (Wildman–Crippen MR) is 93.2 cm³/mol. The lowest BCUT2D eigenvalue weighted by Crippen LogP contribution is -2.05. The highest BCUT2D eigenvalue weighted by Crippen LogP contribution is 2.25. The van der Waals surface area contributed by atoms with E-state index >= 15 is 0 Å². The molecule has 0 aromatic heterocycles. The molecule has 0 spiro atoms. The zero-order valence-electron chi connectivity index (χ0n) is 11.1. The third-order valence-corrected chi connectivity index (χ3v) is 3.95. The molecule has 2 aromatic carbocycles. The van der Waals surface area contributed by atoms with Crippen LogP contribution in [0.5, 0.6) is 5.75 Å². The van der Waals surface area contributed by atoms with E-state index < -0.39 is 5.91 Å². The number of rotatable bonds is 5. The summed E-state index contributed by atoms with van der Waals surface area (Å²) >= 11 is 8.28. The summed E-state index contributed by atoms with van der Waals surface area (Å²) in [6, 6.07) is 13.2. The molecule has 2 N–H and O–H groups in total. The molecule has 3 nitrogen and oxygen atoms in total. The normalized spacial score (nSPS) is 10.8. The van der Waals surface area contributed by atoms with E-state index in [4.69, 9.17) is 22.1 Å². The van der Waals surface area contributed by atoms with Gasteiger partial charge < -0.3 is 10.5 Å². The Balaban J connectivity index is 2.08. The number of carbonyl (C=O) groups excluding carboxylic acids is 1. The smallest absolute Gasteiger partial charge is 0.241 e. The van der Waals surface area contributed by atoms with Crippen molar-refractivity contribution in [2.45, 2.75) is 6.61 Å². The number of primary amides is 1. The van der Waals surface area contributed by atoms with Crippen LogP contribution in [0.4, 0.5) is 0 Å². The highest BCUT2D eigenvalue weighted by Gasteiger charge is 2.04. The fourth-order valence-corrected chi connectivity index (χ4v) is 2.57.